The highest BCUT2D eigenvalue weighted by atomic mass is 15.2. The Kier molecular flexibility index (Phi) is 3.78. The van der Waals surface area contributed by atoms with Crippen molar-refractivity contribution in [2.24, 2.45) is 17.2 Å². The Morgan fingerprint density at radius 1 is 0.737 bits per heavy atom. The van der Waals surface area contributed by atoms with Gasteiger partial charge in [0.05, 0.1) is 0 Å². The van der Waals surface area contributed by atoms with Crippen LogP contribution in [-0.4, -0.2) is 11.9 Å². The van der Waals surface area contributed by atoms with Crippen LogP contribution in [-0.2, 0) is 0 Å². The molecule has 19 heavy (non-hydrogen) atoms. The lowest BCUT2D eigenvalue weighted by Crippen LogP contribution is -2.86. The molecule has 0 fully saturated rings. The van der Waals surface area contributed by atoms with Gasteiger partial charge in [-0.15, -0.1) is 0 Å². The Morgan fingerprint density at radius 3 is 1.53 bits per heavy atom. The SMILES string of the molecule is NC(N)=[NH+]C(N)=[N+](c1ccccc1)c1ccccc1. The summed E-state index contributed by atoms with van der Waals surface area (Å²) in [4.78, 5) is 2.73. The first-order valence-corrected chi connectivity index (χ1v) is 5.86. The average molecular weight is 255 g/mol. The largest absolute Gasteiger partial charge is 0.398 e. The van der Waals surface area contributed by atoms with E-state index >= 15 is 0 Å². The molecule has 0 aliphatic heterocycles. The van der Waals surface area contributed by atoms with Crippen LogP contribution in [0.2, 0.25) is 0 Å². The molecule has 2 aromatic carbocycles. The molecule has 0 aliphatic rings. The molecule has 0 unspecified atom stereocenters. The molecule has 0 aromatic heterocycles. The van der Waals surface area contributed by atoms with Crippen molar-refractivity contribution in [1.82, 2.24) is 4.58 Å². The summed E-state index contributed by atoms with van der Waals surface area (Å²) in [5, 5.41) is 0. The van der Waals surface area contributed by atoms with E-state index in [4.69, 9.17) is 17.2 Å². The summed E-state index contributed by atoms with van der Waals surface area (Å²) in [7, 11) is 0. The lowest BCUT2D eigenvalue weighted by Gasteiger charge is -2.07. The molecule has 0 aliphatic carbocycles. The van der Waals surface area contributed by atoms with Gasteiger partial charge in [-0.3, -0.25) is 17.2 Å². The number of guanidine groups is 2. The highest BCUT2D eigenvalue weighted by molar-refractivity contribution is 5.82. The molecule has 5 heteroatoms. The highest BCUT2D eigenvalue weighted by Gasteiger charge is 2.13. The second-order valence-electron chi connectivity index (χ2n) is 3.97. The molecule has 0 saturated carbocycles. The summed E-state index contributed by atoms with van der Waals surface area (Å²) >= 11 is 0. The summed E-state index contributed by atoms with van der Waals surface area (Å²) in [5.41, 5.74) is 18.8. The second kappa shape index (κ2) is 5.68. The molecule has 5 nitrogen and oxygen atoms in total. The van der Waals surface area contributed by atoms with Gasteiger partial charge in [0.2, 0.25) is 0 Å². The molecule has 0 amide bonds. The summed E-state index contributed by atoms with van der Waals surface area (Å²) < 4.78 is 1.83. The lowest BCUT2D eigenvalue weighted by atomic mass is 10.2. The highest BCUT2D eigenvalue weighted by Crippen LogP contribution is 2.18. The van der Waals surface area contributed by atoms with E-state index in [9.17, 15) is 0 Å². The van der Waals surface area contributed by atoms with Crippen LogP contribution in [0.5, 0.6) is 0 Å². The third-order valence-electron chi connectivity index (χ3n) is 2.54. The second-order valence-corrected chi connectivity index (χ2v) is 3.97. The number of nitrogens with zero attached hydrogens (tertiary/aromatic N) is 1. The standard InChI is InChI=1S/C14H15N5/c15-13(16)18-14(17)19(11-7-3-1-4-8-11)12-9-5-2-6-10-12/h1-10H,(H5,15,16,17,18)/p+2. The number of benzene rings is 2. The summed E-state index contributed by atoms with van der Waals surface area (Å²) in [6, 6.07) is 19.5. The first-order chi connectivity index (χ1) is 9.18. The van der Waals surface area contributed by atoms with E-state index in [1.54, 1.807) is 0 Å². The van der Waals surface area contributed by atoms with E-state index in [0.29, 0.717) is 5.96 Å². The molecule has 0 bridgehead atoms. The van der Waals surface area contributed by atoms with Crippen molar-refractivity contribution in [1.29, 1.82) is 0 Å². The molecule has 0 radical (unpaired) electrons. The fraction of sp³-hybridized carbons (Fsp3) is 0. The van der Waals surface area contributed by atoms with Gasteiger partial charge in [-0.2, -0.15) is 9.57 Å². The van der Waals surface area contributed by atoms with E-state index in [0.717, 1.165) is 11.4 Å². The molecular formula is C14H17N5+2. The molecule has 0 saturated heterocycles. The van der Waals surface area contributed by atoms with Crippen molar-refractivity contribution < 1.29 is 4.99 Å². The Morgan fingerprint density at radius 2 is 1.16 bits per heavy atom. The minimum atomic E-state index is 0.0503. The van der Waals surface area contributed by atoms with Gasteiger partial charge in [-0.25, -0.2) is 0 Å². The minimum Gasteiger partial charge on any atom is -0.275 e. The Bertz CT molecular complexity index is 557. The van der Waals surface area contributed by atoms with Crippen LogP contribution < -0.4 is 26.8 Å². The van der Waals surface area contributed by atoms with Gasteiger partial charge in [-0.05, 0) is 24.3 Å². The maximum atomic E-state index is 6.03. The van der Waals surface area contributed by atoms with Crippen LogP contribution in [0.4, 0.5) is 11.4 Å². The normalized spacial score (nSPS) is 9.68. The molecule has 96 valence electrons. The molecular weight excluding hydrogens is 238 g/mol. The van der Waals surface area contributed by atoms with Crippen molar-refractivity contribution in [2.45, 2.75) is 0 Å². The quantitative estimate of drug-likeness (QED) is 0.321. The first kappa shape index (κ1) is 12.6. The number of hydrogen-bond donors (Lipinski definition) is 4. The fourth-order valence-corrected chi connectivity index (χ4v) is 1.79. The Balaban J connectivity index is 2.62. The van der Waals surface area contributed by atoms with E-state index in [2.05, 4.69) is 4.99 Å². The zero-order valence-corrected chi connectivity index (χ0v) is 10.5. The van der Waals surface area contributed by atoms with E-state index < -0.39 is 0 Å². The van der Waals surface area contributed by atoms with E-state index in [1.165, 1.54) is 0 Å². The van der Waals surface area contributed by atoms with Gasteiger partial charge in [-0.1, -0.05) is 36.4 Å². The number of rotatable bonds is 2. The van der Waals surface area contributed by atoms with Crippen LogP contribution in [0.15, 0.2) is 60.7 Å². The minimum absolute atomic E-state index is 0.0503. The van der Waals surface area contributed by atoms with Gasteiger partial charge in [0.25, 0.3) is 0 Å². The summed E-state index contributed by atoms with van der Waals surface area (Å²) in [6.45, 7) is 0. The number of nitrogens with two attached hydrogens (primary N) is 3. The van der Waals surface area contributed by atoms with Gasteiger partial charge >= 0.3 is 11.9 Å². The zero-order valence-electron chi connectivity index (χ0n) is 10.5. The molecule has 0 spiro atoms. The summed E-state index contributed by atoms with van der Waals surface area (Å²) in [5.74, 6) is 0.395. The van der Waals surface area contributed by atoms with Crippen molar-refractivity contribution >= 4 is 23.3 Å². The van der Waals surface area contributed by atoms with Gasteiger partial charge in [0.1, 0.15) is 11.4 Å². The van der Waals surface area contributed by atoms with Crippen LogP contribution in [0.1, 0.15) is 0 Å². The maximum Gasteiger partial charge on any atom is 0.398 e. The lowest BCUT2D eigenvalue weighted by molar-refractivity contribution is -0.323. The maximum absolute atomic E-state index is 6.03. The van der Waals surface area contributed by atoms with Crippen molar-refractivity contribution in [3.05, 3.63) is 60.7 Å². The number of hydrogen-bond acceptors (Lipinski definition) is 0. The zero-order chi connectivity index (χ0) is 13.7. The predicted octanol–water partition coefficient (Wildman–Crippen LogP) is -0.810. The summed E-state index contributed by atoms with van der Waals surface area (Å²) in [6.07, 6.45) is 0. The Labute approximate surface area is 111 Å². The molecule has 2 aromatic rings. The fourth-order valence-electron chi connectivity index (χ4n) is 1.79. The molecule has 0 atom stereocenters. The van der Waals surface area contributed by atoms with Crippen molar-refractivity contribution in [3.63, 3.8) is 0 Å². The topological polar surface area (TPSA) is 95.0 Å². The van der Waals surface area contributed by atoms with Crippen molar-refractivity contribution in [3.8, 4) is 0 Å². The Hall–Kier alpha value is -2.82. The number of para-hydroxylation sites is 2. The van der Waals surface area contributed by atoms with Crippen LogP contribution >= 0.6 is 0 Å². The molecule has 7 N–H and O–H groups in total. The number of nitrogens with one attached hydrogen (secondary N) is 1. The van der Waals surface area contributed by atoms with Crippen LogP contribution in [0.25, 0.3) is 0 Å². The molecule has 0 heterocycles. The van der Waals surface area contributed by atoms with E-state index in [1.807, 2.05) is 65.2 Å². The van der Waals surface area contributed by atoms with Gasteiger partial charge in [0.15, 0.2) is 0 Å². The monoisotopic (exact) mass is 255 g/mol. The molecule has 2 rings (SSSR count). The van der Waals surface area contributed by atoms with Gasteiger partial charge < -0.3 is 0 Å². The smallest absolute Gasteiger partial charge is 0.275 e. The third kappa shape index (κ3) is 3.10. The van der Waals surface area contributed by atoms with Crippen LogP contribution in [0, 0.1) is 0 Å². The van der Waals surface area contributed by atoms with Crippen LogP contribution in [0.3, 0.4) is 0 Å². The first-order valence-electron chi connectivity index (χ1n) is 5.86. The van der Waals surface area contributed by atoms with Crippen molar-refractivity contribution in [2.75, 3.05) is 0 Å². The third-order valence-corrected chi connectivity index (χ3v) is 2.54. The van der Waals surface area contributed by atoms with E-state index in [-0.39, 0.29) is 5.96 Å². The predicted molar refractivity (Wildman–Crippen MR) is 77.9 cm³/mol. The van der Waals surface area contributed by atoms with Gasteiger partial charge in [0, 0.05) is 0 Å². The average Bonchev–Trinajstić information content (AvgIpc) is 2.40.